The standard InChI is InChI=1S/C9H18NO/c1-3-10-6-4-5-9(7-10)8(2)11/h8-9,11H,2-7H2,1H3. The first-order chi connectivity index (χ1) is 5.24. The summed E-state index contributed by atoms with van der Waals surface area (Å²) in [4.78, 5) is 2.38. The molecular weight excluding hydrogens is 138 g/mol. The van der Waals surface area contributed by atoms with E-state index in [1.54, 1.807) is 0 Å². The highest BCUT2D eigenvalue weighted by Gasteiger charge is 2.21. The van der Waals surface area contributed by atoms with Crippen LogP contribution in [0.5, 0.6) is 0 Å². The molecule has 1 heterocycles. The summed E-state index contributed by atoms with van der Waals surface area (Å²) in [6.45, 7) is 9.15. The van der Waals surface area contributed by atoms with Gasteiger partial charge in [0.1, 0.15) is 0 Å². The molecule has 1 saturated heterocycles. The molecule has 65 valence electrons. The topological polar surface area (TPSA) is 23.5 Å². The second kappa shape index (κ2) is 4.07. The minimum Gasteiger partial charge on any atom is -0.393 e. The van der Waals surface area contributed by atoms with Gasteiger partial charge in [0.15, 0.2) is 0 Å². The summed E-state index contributed by atoms with van der Waals surface area (Å²) in [6, 6.07) is 0. The zero-order chi connectivity index (χ0) is 8.27. The second-order valence-electron chi connectivity index (χ2n) is 3.36. The van der Waals surface area contributed by atoms with Gasteiger partial charge in [-0.1, -0.05) is 6.92 Å². The summed E-state index contributed by atoms with van der Waals surface area (Å²) >= 11 is 0. The van der Waals surface area contributed by atoms with E-state index in [9.17, 15) is 5.11 Å². The number of likely N-dealkylation sites (tertiary alicyclic amines) is 1. The maximum Gasteiger partial charge on any atom is 0.0581 e. The molecule has 0 amide bonds. The first-order valence-corrected chi connectivity index (χ1v) is 4.47. The van der Waals surface area contributed by atoms with Gasteiger partial charge in [-0.25, -0.2) is 0 Å². The quantitative estimate of drug-likeness (QED) is 0.642. The number of piperidine rings is 1. The molecule has 0 aliphatic carbocycles. The van der Waals surface area contributed by atoms with Crippen molar-refractivity contribution in [1.82, 2.24) is 4.90 Å². The van der Waals surface area contributed by atoms with Gasteiger partial charge in [0, 0.05) is 6.54 Å². The Hall–Kier alpha value is -0.0800. The number of aliphatic hydroxyl groups is 1. The van der Waals surface area contributed by atoms with Gasteiger partial charge in [0.05, 0.1) is 6.10 Å². The van der Waals surface area contributed by atoms with Crippen LogP contribution in [0.15, 0.2) is 0 Å². The zero-order valence-electron chi connectivity index (χ0n) is 7.29. The lowest BCUT2D eigenvalue weighted by Gasteiger charge is -2.33. The van der Waals surface area contributed by atoms with E-state index in [1.807, 2.05) is 0 Å². The van der Waals surface area contributed by atoms with Gasteiger partial charge >= 0.3 is 0 Å². The maximum atomic E-state index is 9.25. The molecule has 2 heteroatoms. The molecule has 1 rings (SSSR count). The van der Waals surface area contributed by atoms with Crippen LogP contribution >= 0.6 is 0 Å². The van der Waals surface area contributed by atoms with Gasteiger partial charge in [-0.05, 0) is 38.8 Å². The Labute approximate surface area is 69.2 Å². The molecule has 0 spiro atoms. The molecule has 1 aliphatic heterocycles. The van der Waals surface area contributed by atoms with Crippen molar-refractivity contribution in [2.75, 3.05) is 19.6 Å². The van der Waals surface area contributed by atoms with Crippen molar-refractivity contribution in [3.05, 3.63) is 6.92 Å². The number of hydrogen-bond acceptors (Lipinski definition) is 2. The van der Waals surface area contributed by atoms with Gasteiger partial charge in [0.2, 0.25) is 0 Å². The van der Waals surface area contributed by atoms with Crippen molar-refractivity contribution in [2.45, 2.75) is 25.9 Å². The summed E-state index contributed by atoms with van der Waals surface area (Å²) < 4.78 is 0. The molecular formula is C9H18NO. The Balaban J connectivity index is 2.33. The molecule has 0 aromatic carbocycles. The van der Waals surface area contributed by atoms with E-state index in [4.69, 9.17) is 0 Å². The molecule has 1 radical (unpaired) electrons. The molecule has 2 nitrogen and oxygen atoms in total. The summed E-state index contributed by atoms with van der Waals surface area (Å²) in [7, 11) is 0. The Morgan fingerprint density at radius 3 is 3.00 bits per heavy atom. The first kappa shape index (κ1) is 9.01. The van der Waals surface area contributed by atoms with Crippen molar-refractivity contribution in [3.8, 4) is 0 Å². The van der Waals surface area contributed by atoms with Gasteiger partial charge in [-0.3, -0.25) is 0 Å². The van der Waals surface area contributed by atoms with E-state index < -0.39 is 0 Å². The van der Waals surface area contributed by atoms with Gasteiger partial charge in [-0.2, -0.15) is 0 Å². The van der Waals surface area contributed by atoms with Crippen LogP contribution in [0.25, 0.3) is 0 Å². The van der Waals surface area contributed by atoms with Crippen molar-refractivity contribution in [2.24, 2.45) is 5.92 Å². The number of rotatable bonds is 2. The number of hydrogen-bond donors (Lipinski definition) is 1. The van der Waals surface area contributed by atoms with Crippen LogP contribution in [0.3, 0.4) is 0 Å². The van der Waals surface area contributed by atoms with Crippen LogP contribution in [0, 0.1) is 12.8 Å². The Morgan fingerprint density at radius 2 is 2.45 bits per heavy atom. The molecule has 0 aromatic rings. The largest absolute Gasteiger partial charge is 0.393 e. The smallest absolute Gasteiger partial charge is 0.0581 e. The minimum absolute atomic E-state index is 0.371. The predicted octanol–water partition coefficient (Wildman–Crippen LogP) is 0.913. The minimum atomic E-state index is -0.371. The molecule has 0 bridgehead atoms. The number of aliphatic hydroxyl groups excluding tert-OH is 1. The third-order valence-electron chi connectivity index (χ3n) is 2.53. The van der Waals surface area contributed by atoms with Gasteiger partial charge in [0.25, 0.3) is 0 Å². The van der Waals surface area contributed by atoms with E-state index in [0.717, 1.165) is 19.5 Å². The van der Waals surface area contributed by atoms with Crippen molar-refractivity contribution >= 4 is 0 Å². The summed E-state index contributed by atoms with van der Waals surface area (Å²) in [5.41, 5.74) is 0. The molecule has 1 N–H and O–H groups in total. The molecule has 11 heavy (non-hydrogen) atoms. The summed E-state index contributed by atoms with van der Waals surface area (Å²) in [6.07, 6.45) is 1.98. The molecule has 2 atom stereocenters. The second-order valence-corrected chi connectivity index (χ2v) is 3.36. The van der Waals surface area contributed by atoms with Gasteiger partial charge in [-0.15, -0.1) is 0 Å². The summed E-state index contributed by atoms with van der Waals surface area (Å²) in [5, 5.41) is 9.25. The fourth-order valence-corrected chi connectivity index (χ4v) is 1.69. The van der Waals surface area contributed by atoms with E-state index >= 15 is 0 Å². The van der Waals surface area contributed by atoms with Crippen molar-refractivity contribution in [3.63, 3.8) is 0 Å². The van der Waals surface area contributed by atoms with Crippen LogP contribution in [0.2, 0.25) is 0 Å². The highest BCUT2D eigenvalue weighted by molar-refractivity contribution is 4.78. The van der Waals surface area contributed by atoms with Crippen LogP contribution in [0.1, 0.15) is 19.8 Å². The van der Waals surface area contributed by atoms with Crippen molar-refractivity contribution < 1.29 is 5.11 Å². The predicted molar refractivity (Wildman–Crippen MR) is 46.2 cm³/mol. The SMILES string of the molecule is [CH2]C(O)C1CCCN(CC)C1. The third-order valence-corrected chi connectivity index (χ3v) is 2.53. The average Bonchev–Trinajstić information content (AvgIpc) is 2.05. The molecule has 0 saturated carbocycles. The zero-order valence-corrected chi connectivity index (χ0v) is 7.29. The highest BCUT2D eigenvalue weighted by atomic mass is 16.3. The van der Waals surface area contributed by atoms with Crippen molar-refractivity contribution in [1.29, 1.82) is 0 Å². The number of nitrogens with zero attached hydrogens (tertiary/aromatic N) is 1. The fourth-order valence-electron chi connectivity index (χ4n) is 1.69. The van der Waals surface area contributed by atoms with Crippen LogP contribution in [-0.4, -0.2) is 35.7 Å². The van der Waals surface area contributed by atoms with Crippen LogP contribution in [-0.2, 0) is 0 Å². The average molecular weight is 156 g/mol. The maximum absolute atomic E-state index is 9.25. The van der Waals surface area contributed by atoms with E-state index in [-0.39, 0.29) is 6.10 Å². The Morgan fingerprint density at radius 1 is 1.73 bits per heavy atom. The lowest BCUT2D eigenvalue weighted by Crippen LogP contribution is -2.39. The lowest BCUT2D eigenvalue weighted by atomic mass is 9.93. The Bertz CT molecular complexity index is 114. The van der Waals surface area contributed by atoms with Crippen LogP contribution < -0.4 is 0 Å². The monoisotopic (exact) mass is 156 g/mol. The van der Waals surface area contributed by atoms with Crippen LogP contribution in [0.4, 0.5) is 0 Å². The molecule has 1 fully saturated rings. The molecule has 1 aliphatic rings. The highest BCUT2D eigenvalue weighted by Crippen LogP contribution is 2.18. The normalized spacial score (nSPS) is 30.3. The summed E-state index contributed by atoms with van der Waals surface area (Å²) in [5.74, 6) is 0.406. The molecule has 0 aromatic heterocycles. The van der Waals surface area contributed by atoms with E-state index in [1.165, 1.54) is 13.0 Å². The third kappa shape index (κ3) is 2.46. The van der Waals surface area contributed by atoms with E-state index in [2.05, 4.69) is 18.7 Å². The lowest BCUT2D eigenvalue weighted by molar-refractivity contribution is 0.0807. The van der Waals surface area contributed by atoms with E-state index in [0.29, 0.717) is 5.92 Å². The Kier molecular flexibility index (Phi) is 3.34. The van der Waals surface area contributed by atoms with Gasteiger partial charge < -0.3 is 10.0 Å². The first-order valence-electron chi connectivity index (χ1n) is 4.47. The fraction of sp³-hybridized carbons (Fsp3) is 0.889. The molecule has 2 unspecified atom stereocenters.